The molecule has 1 rings (SSSR count). The molecule has 0 unspecified atom stereocenters. The monoisotopic (exact) mass is 285 g/mol. The van der Waals surface area contributed by atoms with E-state index >= 15 is 0 Å². The lowest BCUT2D eigenvalue weighted by molar-refractivity contribution is -0.131. The fourth-order valence-electron chi connectivity index (χ4n) is 1.32. The number of carbonyl (C=O) groups excluding carboxylic acids is 3. The zero-order valence-electron chi connectivity index (χ0n) is 10.4. The third kappa shape index (κ3) is 4.26. The minimum Gasteiger partial charge on any atom is -0.465 e. The molecule has 7 heteroatoms. The molecule has 0 aliphatic rings. The number of esters is 2. The summed E-state index contributed by atoms with van der Waals surface area (Å²) in [6.07, 6.45) is 0. The van der Waals surface area contributed by atoms with Gasteiger partial charge in [-0.25, -0.2) is 4.79 Å². The van der Waals surface area contributed by atoms with Crippen LogP contribution in [0, 0.1) is 0 Å². The number of amides is 1. The van der Waals surface area contributed by atoms with Crippen molar-refractivity contribution in [2.24, 2.45) is 0 Å². The first kappa shape index (κ1) is 15.0. The van der Waals surface area contributed by atoms with E-state index in [0.29, 0.717) is 5.69 Å². The number of ether oxygens (including phenoxy) is 2. The SMILES string of the molecule is COC(=O)c1cc(NC(=O)CCl)ccc1OC(C)=O. The summed E-state index contributed by atoms with van der Waals surface area (Å²) in [5, 5.41) is 2.47. The van der Waals surface area contributed by atoms with Crippen molar-refractivity contribution in [3.05, 3.63) is 23.8 Å². The Kier molecular flexibility index (Phi) is 5.32. The van der Waals surface area contributed by atoms with Gasteiger partial charge >= 0.3 is 11.9 Å². The third-order valence-electron chi connectivity index (χ3n) is 2.04. The maximum Gasteiger partial charge on any atom is 0.341 e. The molecule has 19 heavy (non-hydrogen) atoms. The normalized spacial score (nSPS) is 9.63. The van der Waals surface area contributed by atoms with Crippen LogP contribution in [-0.4, -0.2) is 30.8 Å². The largest absolute Gasteiger partial charge is 0.465 e. The van der Waals surface area contributed by atoms with Crippen LogP contribution in [0.1, 0.15) is 17.3 Å². The molecule has 0 radical (unpaired) electrons. The molecule has 102 valence electrons. The number of methoxy groups -OCH3 is 1. The highest BCUT2D eigenvalue weighted by molar-refractivity contribution is 6.29. The maximum atomic E-state index is 11.6. The molecular weight excluding hydrogens is 274 g/mol. The van der Waals surface area contributed by atoms with Crippen molar-refractivity contribution in [2.45, 2.75) is 6.92 Å². The van der Waals surface area contributed by atoms with Gasteiger partial charge in [0, 0.05) is 12.6 Å². The van der Waals surface area contributed by atoms with E-state index in [9.17, 15) is 14.4 Å². The van der Waals surface area contributed by atoms with Crippen LogP contribution in [0.3, 0.4) is 0 Å². The molecule has 0 aliphatic heterocycles. The Morgan fingerprint density at radius 1 is 1.32 bits per heavy atom. The lowest BCUT2D eigenvalue weighted by atomic mass is 10.1. The highest BCUT2D eigenvalue weighted by Gasteiger charge is 2.16. The zero-order chi connectivity index (χ0) is 14.4. The van der Waals surface area contributed by atoms with Gasteiger partial charge in [-0.2, -0.15) is 0 Å². The highest BCUT2D eigenvalue weighted by atomic mass is 35.5. The Hall–Kier alpha value is -2.08. The van der Waals surface area contributed by atoms with E-state index in [-0.39, 0.29) is 17.2 Å². The molecule has 1 N–H and O–H groups in total. The van der Waals surface area contributed by atoms with E-state index in [1.165, 1.54) is 32.2 Å². The van der Waals surface area contributed by atoms with Crippen LogP contribution in [0.4, 0.5) is 5.69 Å². The maximum absolute atomic E-state index is 11.6. The predicted octanol–water partition coefficient (Wildman–Crippen LogP) is 1.58. The summed E-state index contributed by atoms with van der Waals surface area (Å²) in [5.74, 6) is -1.82. The van der Waals surface area contributed by atoms with Crippen LogP contribution < -0.4 is 10.1 Å². The van der Waals surface area contributed by atoms with Crippen molar-refractivity contribution >= 4 is 35.1 Å². The first-order valence-corrected chi connectivity index (χ1v) is 5.78. The van der Waals surface area contributed by atoms with Crippen LogP contribution in [-0.2, 0) is 14.3 Å². The number of halogens is 1. The summed E-state index contributed by atoms with van der Waals surface area (Å²) in [6, 6.07) is 4.21. The molecule has 0 atom stereocenters. The van der Waals surface area contributed by atoms with Gasteiger partial charge in [-0.1, -0.05) is 0 Å². The minimum absolute atomic E-state index is 0.0325. The van der Waals surface area contributed by atoms with E-state index in [2.05, 4.69) is 10.1 Å². The molecule has 0 aromatic heterocycles. The molecule has 0 saturated carbocycles. The number of nitrogens with one attached hydrogen (secondary N) is 1. The first-order chi connectivity index (χ1) is 8.97. The average Bonchev–Trinajstić information content (AvgIpc) is 2.38. The van der Waals surface area contributed by atoms with Gasteiger partial charge < -0.3 is 14.8 Å². The van der Waals surface area contributed by atoms with Gasteiger partial charge in [0.15, 0.2) is 0 Å². The zero-order valence-corrected chi connectivity index (χ0v) is 11.1. The van der Waals surface area contributed by atoms with Gasteiger partial charge in [0.2, 0.25) is 5.91 Å². The number of anilines is 1. The Morgan fingerprint density at radius 2 is 2.00 bits per heavy atom. The van der Waals surface area contributed by atoms with E-state index in [0.717, 1.165) is 0 Å². The third-order valence-corrected chi connectivity index (χ3v) is 2.29. The Labute approximate surface area is 114 Å². The van der Waals surface area contributed by atoms with E-state index in [1.807, 2.05) is 0 Å². The van der Waals surface area contributed by atoms with Crippen molar-refractivity contribution in [1.82, 2.24) is 0 Å². The van der Waals surface area contributed by atoms with Gasteiger partial charge in [-0.15, -0.1) is 11.6 Å². The summed E-state index contributed by atoms with van der Waals surface area (Å²) in [6.45, 7) is 1.21. The lowest BCUT2D eigenvalue weighted by Crippen LogP contribution is -2.14. The second-order valence-corrected chi connectivity index (χ2v) is 3.75. The van der Waals surface area contributed by atoms with Gasteiger partial charge in [-0.3, -0.25) is 9.59 Å². The van der Waals surface area contributed by atoms with Crippen LogP contribution in [0.15, 0.2) is 18.2 Å². The predicted molar refractivity (Wildman–Crippen MR) is 68.4 cm³/mol. The molecule has 6 nitrogen and oxygen atoms in total. The fraction of sp³-hybridized carbons (Fsp3) is 0.250. The Bertz CT molecular complexity index is 515. The molecule has 0 aliphatic carbocycles. The number of rotatable bonds is 4. The molecule has 0 heterocycles. The van der Waals surface area contributed by atoms with Crippen molar-refractivity contribution in [2.75, 3.05) is 18.3 Å². The Balaban J connectivity index is 3.11. The number of alkyl halides is 1. The summed E-state index contributed by atoms with van der Waals surface area (Å²) in [4.78, 5) is 33.6. The minimum atomic E-state index is -0.682. The van der Waals surface area contributed by atoms with E-state index in [4.69, 9.17) is 16.3 Å². The standard InChI is InChI=1S/C12H12ClNO5/c1-7(15)19-10-4-3-8(14-11(16)6-13)5-9(10)12(17)18-2/h3-5H,6H2,1-2H3,(H,14,16). The summed E-state index contributed by atoms with van der Waals surface area (Å²) in [7, 11) is 1.20. The van der Waals surface area contributed by atoms with Gasteiger partial charge in [0.25, 0.3) is 0 Å². The molecule has 1 aromatic carbocycles. The van der Waals surface area contributed by atoms with Crippen molar-refractivity contribution in [3.8, 4) is 5.75 Å². The number of carbonyl (C=O) groups is 3. The smallest absolute Gasteiger partial charge is 0.341 e. The summed E-state index contributed by atoms with van der Waals surface area (Å²) >= 11 is 5.36. The van der Waals surface area contributed by atoms with Gasteiger partial charge in [0.05, 0.1) is 7.11 Å². The van der Waals surface area contributed by atoms with Crippen LogP contribution in [0.5, 0.6) is 5.75 Å². The van der Waals surface area contributed by atoms with Gasteiger partial charge in [-0.05, 0) is 18.2 Å². The number of hydrogen-bond acceptors (Lipinski definition) is 5. The number of hydrogen-bond donors (Lipinski definition) is 1. The molecule has 1 aromatic rings. The first-order valence-electron chi connectivity index (χ1n) is 5.24. The fourth-order valence-corrected chi connectivity index (χ4v) is 1.38. The highest BCUT2D eigenvalue weighted by Crippen LogP contribution is 2.24. The summed E-state index contributed by atoms with van der Waals surface area (Å²) < 4.78 is 9.45. The van der Waals surface area contributed by atoms with Crippen molar-refractivity contribution in [1.29, 1.82) is 0 Å². The second kappa shape index (κ2) is 6.75. The average molecular weight is 286 g/mol. The quantitative estimate of drug-likeness (QED) is 0.516. The lowest BCUT2D eigenvalue weighted by Gasteiger charge is -2.10. The van der Waals surface area contributed by atoms with Crippen molar-refractivity contribution in [3.63, 3.8) is 0 Å². The second-order valence-electron chi connectivity index (χ2n) is 3.48. The topological polar surface area (TPSA) is 81.7 Å². The molecule has 1 amide bonds. The molecule has 0 saturated heterocycles. The van der Waals surface area contributed by atoms with E-state index in [1.54, 1.807) is 0 Å². The van der Waals surface area contributed by atoms with Crippen LogP contribution in [0.2, 0.25) is 0 Å². The molecule has 0 bridgehead atoms. The molecular formula is C12H12ClNO5. The molecule has 0 spiro atoms. The van der Waals surface area contributed by atoms with Gasteiger partial charge in [0.1, 0.15) is 17.2 Å². The summed E-state index contributed by atoms with van der Waals surface area (Å²) in [5.41, 5.74) is 0.382. The molecule has 0 fully saturated rings. The van der Waals surface area contributed by atoms with E-state index < -0.39 is 17.8 Å². The van der Waals surface area contributed by atoms with Crippen LogP contribution >= 0.6 is 11.6 Å². The van der Waals surface area contributed by atoms with Crippen molar-refractivity contribution < 1.29 is 23.9 Å². The Morgan fingerprint density at radius 3 is 2.53 bits per heavy atom. The number of benzene rings is 1. The van der Waals surface area contributed by atoms with Crippen LogP contribution in [0.25, 0.3) is 0 Å².